The normalized spacial score (nSPS) is 9.79. The van der Waals surface area contributed by atoms with Crippen molar-refractivity contribution < 1.29 is 4.79 Å². The van der Waals surface area contributed by atoms with E-state index in [2.05, 4.69) is 10.0 Å². The van der Waals surface area contributed by atoms with Crippen molar-refractivity contribution in [2.45, 2.75) is 6.54 Å². The fraction of sp³-hybridized carbons (Fsp3) is 0.300. The van der Waals surface area contributed by atoms with Crippen LogP contribution in [-0.4, -0.2) is 18.7 Å². The molecule has 14 heavy (non-hydrogen) atoms. The highest BCUT2D eigenvalue weighted by Crippen LogP contribution is 1.96. The summed E-state index contributed by atoms with van der Waals surface area (Å²) in [6.07, 6.45) is 1.89. The van der Waals surface area contributed by atoms with Gasteiger partial charge in [0.25, 0.3) is 0 Å². The number of benzene rings is 1. The monoisotopic (exact) mass is 210 g/mol. The van der Waals surface area contributed by atoms with Crippen LogP contribution in [0, 0.1) is 0 Å². The smallest absolute Gasteiger partial charge is 0.235 e. The summed E-state index contributed by atoms with van der Waals surface area (Å²) in [4.78, 5) is 11.2. The van der Waals surface area contributed by atoms with Gasteiger partial charge < -0.3 is 5.32 Å². The van der Waals surface area contributed by atoms with Gasteiger partial charge in [0.1, 0.15) is 0 Å². The van der Waals surface area contributed by atoms with Gasteiger partial charge in [-0.3, -0.25) is 9.52 Å². The summed E-state index contributed by atoms with van der Waals surface area (Å²) >= 11 is 1.44. The van der Waals surface area contributed by atoms with Crippen molar-refractivity contribution in [3.8, 4) is 0 Å². The van der Waals surface area contributed by atoms with E-state index >= 15 is 0 Å². The number of carbonyl (C=O) groups excluding carboxylic acids is 1. The summed E-state index contributed by atoms with van der Waals surface area (Å²) in [7, 11) is 0. The van der Waals surface area contributed by atoms with Crippen LogP contribution in [-0.2, 0) is 11.3 Å². The maximum absolute atomic E-state index is 11.2. The average molecular weight is 210 g/mol. The highest BCUT2D eigenvalue weighted by molar-refractivity contribution is 7.96. The first-order valence-electron chi connectivity index (χ1n) is 4.39. The predicted molar refractivity (Wildman–Crippen MR) is 59.8 cm³/mol. The highest BCUT2D eigenvalue weighted by Gasteiger charge is 1.98. The number of rotatable bonds is 5. The summed E-state index contributed by atoms with van der Waals surface area (Å²) in [6.45, 7) is 0.948. The Morgan fingerprint density at radius 3 is 2.71 bits per heavy atom. The maximum atomic E-state index is 11.2. The fourth-order valence-electron chi connectivity index (χ4n) is 0.997. The minimum Gasteiger partial charge on any atom is -0.351 e. The molecule has 0 saturated heterocycles. The van der Waals surface area contributed by atoms with E-state index < -0.39 is 0 Å². The van der Waals surface area contributed by atoms with E-state index in [-0.39, 0.29) is 5.91 Å². The Morgan fingerprint density at radius 1 is 1.36 bits per heavy atom. The molecule has 0 bridgehead atoms. The van der Waals surface area contributed by atoms with Crippen LogP contribution in [0.15, 0.2) is 30.3 Å². The van der Waals surface area contributed by atoms with Gasteiger partial charge in [0.15, 0.2) is 0 Å². The number of hydrogen-bond donors (Lipinski definition) is 2. The molecule has 1 rings (SSSR count). The molecule has 0 unspecified atom stereocenters. The number of carbonyl (C=O) groups is 1. The molecule has 0 saturated carbocycles. The summed E-state index contributed by atoms with van der Waals surface area (Å²) < 4.78 is 2.89. The van der Waals surface area contributed by atoms with Crippen molar-refractivity contribution in [2.75, 3.05) is 12.8 Å². The van der Waals surface area contributed by atoms with Crippen molar-refractivity contribution in [3.63, 3.8) is 0 Å². The van der Waals surface area contributed by atoms with Gasteiger partial charge in [-0.2, -0.15) is 0 Å². The van der Waals surface area contributed by atoms with Crippen LogP contribution in [0.2, 0.25) is 0 Å². The van der Waals surface area contributed by atoms with Gasteiger partial charge >= 0.3 is 0 Å². The number of amides is 1. The molecule has 4 heteroatoms. The summed E-state index contributed by atoms with van der Waals surface area (Å²) in [5.74, 6) is 0.0169. The van der Waals surface area contributed by atoms with Gasteiger partial charge in [-0.05, 0) is 11.8 Å². The number of nitrogens with one attached hydrogen (secondary N) is 2. The minimum absolute atomic E-state index is 0.0169. The molecule has 1 aromatic rings. The molecule has 0 fully saturated rings. The predicted octanol–water partition coefficient (Wildman–Crippen LogP) is 1.17. The molecule has 0 aliphatic carbocycles. The first-order valence-corrected chi connectivity index (χ1v) is 5.62. The van der Waals surface area contributed by atoms with Gasteiger partial charge in [-0.1, -0.05) is 42.3 Å². The third-order valence-corrected chi connectivity index (χ3v) is 2.14. The van der Waals surface area contributed by atoms with E-state index in [4.69, 9.17) is 0 Å². The lowest BCUT2D eigenvalue weighted by Gasteiger charge is -2.04. The lowest BCUT2D eigenvalue weighted by molar-refractivity contribution is -0.120. The van der Waals surface area contributed by atoms with Gasteiger partial charge in [0.05, 0.1) is 6.54 Å². The Labute approximate surface area is 88.4 Å². The van der Waals surface area contributed by atoms with E-state index in [1.165, 1.54) is 11.9 Å². The highest BCUT2D eigenvalue weighted by atomic mass is 32.2. The van der Waals surface area contributed by atoms with Crippen LogP contribution < -0.4 is 10.0 Å². The Morgan fingerprint density at radius 2 is 2.07 bits per heavy atom. The zero-order valence-corrected chi connectivity index (χ0v) is 8.93. The fourth-order valence-corrected chi connectivity index (χ4v) is 1.27. The lowest BCUT2D eigenvalue weighted by Crippen LogP contribution is -2.30. The van der Waals surface area contributed by atoms with E-state index in [0.29, 0.717) is 13.1 Å². The molecular weight excluding hydrogens is 196 g/mol. The summed E-state index contributed by atoms with van der Waals surface area (Å²) in [5, 5.41) is 2.82. The van der Waals surface area contributed by atoms with Crippen LogP contribution in [0.25, 0.3) is 0 Å². The van der Waals surface area contributed by atoms with Crippen LogP contribution >= 0.6 is 11.9 Å². The third kappa shape index (κ3) is 4.30. The molecule has 3 nitrogen and oxygen atoms in total. The quantitative estimate of drug-likeness (QED) is 0.717. The van der Waals surface area contributed by atoms with Crippen LogP contribution in [0.3, 0.4) is 0 Å². The molecule has 0 atom stereocenters. The second kappa shape index (κ2) is 6.45. The van der Waals surface area contributed by atoms with E-state index in [1.807, 2.05) is 36.6 Å². The second-order valence-electron chi connectivity index (χ2n) is 2.79. The van der Waals surface area contributed by atoms with Gasteiger partial charge in [0.2, 0.25) is 5.91 Å². The Kier molecular flexibility index (Phi) is 5.11. The third-order valence-electron chi connectivity index (χ3n) is 1.71. The summed E-state index contributed by atoms with van der Waals surface area (Å²) in [6, 6.07) is 9.86. The van der Waals surface area contributed by atoms with E-state index in [0.717, 1.165) is 5.56 Å². The molecule has 0 aromatic heterocycles. The first-order chi connectivity index (χ1) is 6.83. The van der Waals surface area contributed by atoms with Crippen molar-refractivity contribution >= 4 is 17.9 Å². The van der Waals surface area contributed by atoms with Gasteiger partial charge in [-0.25, -0.2) is 0 Å². The van der Waals surface area contributed by atoms with Crippen LogP contribution in [0.4, 0.5) is 0 Å². The van der Waals surface area contributed by atoms with Gasteiger partial charge in [-0.15, -0.1) is 0 Å². The first kappa shape index (κ1) is 11.1. The van der Waals surface area contributed by atoms with E-state index in [9.17, 15) is 4.79 Å². The molecule has 0 aliphatic rings. The SMILES string of the molecule is CSNCC(=O)NCc1ccccc1. The summed E-state index contributed by atoms with van der Waals surface area (Å²) in [5.41, 5.74) is 1.12. The van der Waals surface area contributed by atoms with Crippen molar-refractivity contribution in [2.24, 2.45) is 0 Å². The molecule has 1 aromatic carbocycles. The maximum Gasteiger partial charge on any atom is 0.235 e. The van der Waals surface area contributed by atoms with Crippen LogP contribution in [0.5, 0.6) is 0 Å². The van der Waals surface area contributed by atoms with Gasteiger partial charge in [0, 0.05) is 6.54 Å². The molecule has 0 radical (unpaired) electrons. The van der Waals surface area contributed by atoms with Crippen molar-refractivity contribution in [1.82, 2.24) is 10.0 Å². The standard InChI is InChI=1S/C10H14N2OS/c1-14-12-8-10(13)11-7-9-5-3-2-4-6-9/h2-6,12H,7-8H2,1H3,(H,11,13). The molecule has 0 spiro atoms. The van der Waals surface area contributed by atoms with Crippen LogP contribution in [0.1, 0.15) is 5.56 Å². The Bertz CT molecular complexity index is 277. The Hall–Kier alpha value is -1.00. The molecule has 76 valence electrons. The van der Waals surface area contributed by atoms with E-state index in [1.54, 1.807) is 0 Å². The average Bonchev–Trinajstić information content (AvgIpc) is 2.25. The lowest BCUT2D eigenvalue weighted by atomic mass is 10.2. The molecular formula is C10H14N2OS. The largest absolute Gasteiger partial charge is 0.351 e. The van der Waals surface area contributed by atoms with Crippen molar-refractivity contribution in [3.05, 3.63) is 35.9 Å². The Balaban J connectivity index is 2.24. The zero-order chi connectivity index (χ0) is 10.2. The molecule has 1 amide bonds. The minimum atomic E-state index is 0.0169. The zero-order valence-electron chi connectivity index (χ0n) is 8.12. The topological polar surface area (TPSA) is 41.1 Å². The molecule has 2 N–H and O–H groups in total. The second-order valence-corrected chi connectivity index (χ2v) is 3.48. The number of hydrogen-bond acceptors (Lipinski definition) is 3. The molecule has 0 heterocycles. The van der Waals surface area contributed by atoms with Crippen molar-refractivity contribution in [1.29, 1.82) is 0 Å². The molecule has 0 aliphatic heterocycles.